The maximum Gasteiger partial charge on any atom is 0.128 e. The zero-order chi connectivity index (χ0) is 11.8. The highest BCUT2D eigenvalue weighted by Gasteiger charge is 2.18. The molecule has 0 fully saturated rings. The van der Waals surface area contributed by atoms with Crippen molar-refractivity contribution in [1.82, 2.24) is 0 Å². The zero-order valence-corrected chi connectivity index (χ0v) is 10.2. The Morgan fingerprint density at radius 2 is 2.06 bits per heavy atom. The quantitative estimate of drug-likeness (QED) is 0.759. The molecule has 0 saturated carbocycles. The van der Waals surface area contributed by atoms with Crippen molar-refractivity contribution in [1.29, 1.82) is 0 Å². The minimum absolute atomic E-state index is 0.0866. The Balaban J connectivity index is 2.32. The molecular formula is C14H19FN. The van der Waals surface area contributed by atoms with E-state index in [1.54, 1.807) is 6.07 Å². The minimum atomic E-state index is -0.0866. The van der Waals surface area contributed by atoms with E-state index in [4.69, 9.17) is 0 Å². The Hall–Kier alpha value is -1.05. The second kappa shape index (κ2) is 4.08. The number of hydrogen-bond acceptors (Lipinski definition) is 1. The molecule has 2 heteroatoms. The lowest BCUT2D eigenvalue weighted by molar-refractivity contribution is 0.402. The highest BCUT2D eigenvalue weighted by molar-refractivity contribution is 5.58. The van der Waals surface area contributed by atoms with Gasteiger partial charge in [0.2, 0.25) is 0 Å². The van der Waals surface area contributed by atoms with Gasteiger partial charge in [-0.1, -0.05) is 26.8 Å². The van der Waals surface area contributed by atoms with Gasteiger partial charge in [0, 0.05) is 12.2 Å². The third-order valence-corrected chi connectivity index (χ3v) is 2.76. The van der Waals surface area contributed by atoms with Crippen LogP contribution in [0.5, 0.6) is 0 Å². The maximum absolute atomic E-state index is 13.9. The Morgan fingerprint density at radius 1 is 1.31 bits per heavy atom. The van der Waals surface area contributed by atoms with E-state index < -0.39 is 0 Å². The zero-order valence-electron chi connectivity index (χ0n) is 10.2. The highest BCUT2D eigenvalue weighted by atomic mass is 19.1. The monoisotopic (exact) mass is 220 g/mol. The minimum Gasteiger partial charge on any atom is -0.385 e. The summed E-state index contributed by atoms with van der Waals surface area (Å²) in [6.07, 6.45) is 3.98. The molecule has 16 heavy (non-hydrogen) atoms. The van der Waals surface area contributed by atoms with Crippen LogP contribution in [0.25, 0.3) is 0 Å². The molecule has 0 unspecified atom stereocenters. The van der Waals surface area contributed by atoms with E-state index in [0.717, 1.165) is 36.2 Å². The van der Waals surface area contributed by atoms with Crippen LogP contribution < -0.4 is 5.32 Å². The lowest BCUT2D eigenvalue weighted by Crippen LogP contribution is -2.14. The van der Waals surface area contributed by atoms with E-state index in [0.29, 0.717) is 0 Å². The van der Waals surface area contributed by atoms with Gasteiger partial charge in [0.05, 0.1) is 0 Å². The topological polar surface area (TPSA) is 12.0 Å². The van der Waals surface area contributed by atoms with Gasteiger partial charge in [-0.3, -0.25) is 0 Å². The van der Waals surface area contributed by atoms with Crippen LogP contribution in [0.4, 0.5) is 10.1 Å². The molecular weight excluding hydrogens is 201 g/mol. The molecule has 0 aliphatic carbocycles. The van der Waals surface area contributed by atoms with Crippen molar-refractivity contribution in [3.63, 3.8) is 0 Å². The Morgan fingerprint density at radius 3 is 2.75 bits per heavy atom. The first kappa shape index (κ1) is 11.4. The number of benzene rings is 1. The van der Waals surface area contributed by atoms with E-state index in [1.165, 1.54) is 0 Å². The van der Waals surface area contributed by atoms with Gasteiger partial charge in [-0.15, -0.1) is 0 Å². The van der Waals surface area contributed by atoms with Gasteiger partial charge in [0.15, 0.2) is 0 Å². The second-order valence-corrected chi connectivity index (χ2v) is 5.69. The molecule has 1 aromatic carbocycles. The number of rotatable bonds is 1. The van der Waals surface area contributed by atoms with Crippen LogP contribution in [-0.2, 0) is 6.42 Å². The molecule has 1 aliphatic heterocycles. The third-order valence-electron chi connectivity index (χ3n) is 2.76. The van der Waals surface area contributed by atoms with Crippen LogP contribution in [0.3, 0.4) is 0 Å². The molecule has 0 saturated heterocycles. The summed E-state index contributed by atoms with van der Waals surface area (Å²) in [6, 6.07) is 3.62. The summed E-state index contributed by atoms with van der Waals surface area (Å²) in [7, 11) is 0. The molecule has 0 aromatic heterocycles. The number of halogens is 1. The largest absolute Gasteiger partial charge is 0.385 e. The van der Waals surface area contributed by atoms with Crippen molar-refractivity contribution in [3.8, 4) is 0 Å². The highest BCUT2D eigenvalue weighted by Crippen LogP contribution is 2.29. The van der Waals surface area contributed by atoms with Crippen LogP contribution in [0, 0.1) is 17.7 Å². The molecule has 2 rings (SSSR count). The Labute approximate surface area is 97.1 Å². The summed E-state index contributed by atoms with van der Waals surface area (Å²) in [5, 5.41) is 3.22. The molecule has 0 bridgehead atoms. The summed E-state index contributed by atoms with van der Waals surface area (Å²) < 4.78 is 13.9. The third kappa shape index (κ3) is 2.55. The van der Waals surface area contributed by atoms with Crippen molar-refractivity contribution in [2.45, 2.75) is 33.6 Å². The first-order valence-electron chi connectivity index (χ1n) is 5.85. The number of nitrogens with one attached hydrogen (secondary N) is 1. The van der Waals surface area contributed by atoms with E-state index in [9.17, 15) is 4.39 Å². The van der Waals surface area contributed by atoms with Gasteiger partial charge in [-0.2, -0.15) is 0 Å². The van der Waals surface area contributed by atoms with Crippen molar-refractivity contribution in [3.05, 3.63) is 35.5 Å². The Kier molecular flexibility index (Phi) is 2.92. The molecule has 1 aliphatic rings. The standard InChI is InChI=1S/C14H19FN/c1-14(2,3)9-11-7-10-5-4-6-16-13(10)8-12(11)15/h5,7-8,16H,4,6,9H2,1-3H3. The van der Waals surface area contributed by atoms with Crippen molar-refractivity contribution in [2.75, 3.05) is 11.9 Å². The first-order chi connectivity index (χ1) is 7.46. The summed E-state index contributed by atoms with van der Waals surface area (Å²) in [4.78, 5) is 0. The van der Waals surface area contributed by atoms with Gasteiger partial charge >= 0.3 is 0 Å². The van der Waals surface area contributed by atoms with Crippen molar-refractivity contribution >= 4 is 5.69 Å². The van der Waals surface area contributed by atoms with Crippen LogP contribution >= 0.6 is 0 Å². The van der Waals surface area contributed by atoms with Gasteiger partial charge in [0.25, 0.3) is 0 Å². The van der Waals surface area contributed by atoms with Crippen LogP contribution in [0.1, 0.15) is 38.3 Å². The lowest BCUT2D eigenvalue weighted by atomic mass is 9.86. The molecule has 87 valence electrons. The van der Waals surface area contributed by atoms with Gasteiger partial charge in [-0.05, 0) is 41.9 Å². The van der Waals surface area contributed by atoms with Gasteiger partial charge in [0.1, 0.15) is 5.82 Å². The number of anilines is 1. The van der Waals surface area contributed by atoms with Crippen molar-refractivity contribution in [2.24, 2.45) is 5.41 Å². The predicted molar refractivity (Wildman–Crippen MR) is 66.1 cm³/mol. The molecule has 1 radical (unpaired) electrons. The molecule has 0 spiro atoms. The SMILES string of the molecule is CC(C)(C)Cc1cc2c(cc1F)NCC[CH]2. The van der Waals surface area contributed by atoms with E-state index >= 15 is 0 Å². The summed E-state index contributed by atoms with van der Waals surface area (Å²) in [5.41, 5.74) is 3.02. The molecule has 0 amide bonds. The van der Waals surface area contributed by atoms with Gasteiger partial charge < -0.3 is 5.32 Å². The molecule has 1 nitrogen and oxygen atoms in total. The van der Waals surface area contributed by atoms with Crippen LogP contribution in [0.15, 0.2) is 12.1 Å². The number of hydrogen-bond donors (Lipinski definition) is 1. The fourth-order valence-electron chi connectivity index (χ4n) is 2.10. The van der Waals surface area contributed by atoms with Gasteiger partial charge in [-0.25, -0.2) is 4.39 Å². The smallest absolute Gasteiger partial charge is 0.128 e. The number of fused-ring (bicyclic) bond motifs is 1. The average Bonchev–Trinajstić information content (AvgIpc) is 2.17. The average molecular weight is 220 g/mol. The van der Waals surface area contributed by atoms with E-state index in [-0.39, 0.29) is 11.2 Å². The lowest BCUT2D eigenvalue weighted by Gasteiger charge is -2.22. The summed E-state index contributed by atoms with van der Waals surface area (Å²) >= 11 is 0. The van der Waals surface area contributed by atoms with E-state index in [1.807, 2.05) is 6.07 Å². The van der Waals surface area contributed by atoms with Crippen molar-refractivity contribution < 1.29 is 4.39 Å². The summed E-state index contributed by atoms with van der Waals surface area (Å²) in [6.45, 7) is 7.31. The predicted octanol–water partition coefficient (Wildman–Crippen LogP) is 3.78. The normalized spacial score (nSPS) is 15.5. The Bertz CT molecular complexity index is 390. The van der Waals surface area contributed by atoms with Crippen LogP contribution in [0.2, 0.25) is 0 Å². The molecule has 1 aromatic rings. The molecule has 1 N–H and O–H groups in total. The maximum atomic E-state index is 13.9. The molecule has 0 atom stereocenters. The van der Waals surface area contributed by atoms with Crippen LogP contribution in [-0.4, -0.2) is 6.54 Å². The molecule has 1 heterocycles. The summed E-state index contributed by atoms with van der Waals surface area (Å²) in [5.74, 6) is -0.0866. The fraction of sp³-hybridized carbons (Fsp3) is 0.500. The second-order valence-electron chi connectivity index (χ2n) is 5.69. The van der Waals surface area contributed by atoms with E-state index in [2.05, 4.69) is 32.5 Å². The first-order valence-corrected chi connectivity index (χ1v) is 5.85. The fourth-order valence-corrected chi connectivity index (χ4v) is 2.10.